The van der Waals surface area contributed by atoms with Gasteiger partial charge in [0, 0.05) is 11.8 Å². The van der Waals surface area contributed by atoms with Gasteiger partial charge in [0.15, 0.2) is 0 Å². The van der Waals surface area contributed by atoms with Crippen LogP contribution in [0, 0.1) is 17.8 Å². The fraction of sp³-hybridized carbons (Fsp3) is 0.727. The van der Waals surface area contributed by atoms with E-state index in [1.54, 1.807) is 0 Å². The quantitative estimate of drug-likeness (QED) is 0.526. The number of Topliss-reactive ketones (excluding diaryl/α,β-unsaturated/α-hetero) is 1. The maximum atomic E-state index is 11.9. The molecule has 2 heterocycles. The van der Waals surface area contributed by atoms with E-state index in [0.717, 1.165) is 12.8 Å². The van der Waals surface area contributed by atoms with Crippen molar-refractivity contribution in [1.29, 1.82) is 0 Å². The summed E-state index contributed by atoms with van der Waals surface area (Å²) in [6, 6.07) is 0. The first-order valence-electron chi connectivity index (χ1n) is 5.13. The molecule has 2 fully saturated rings. The van der Waals surface area contributed by atoms with E-state index in [1.807, 2.05) is 0 Å². The van der Waals surface area contributed by atoms with E-state index in [4.69, 9.17) is 4.74 Å². The largest absolute Gasteiger partial charge is 0.365 e. The zero-order valence-electron chi connectivity index (χ0n) is 7.77. The Hall–Kier alpha value is -0.630. The Morgan fingerprint density at radius 3 is 2.31 bits per heavy atom. The van der Waals surface area contributed by atoms with Gasteiger partial charge in [0.1, 0.15) is 5.78 Å². The van der Waals surface area contributed by atoms with Crippen LogP contribution in [0.15, 0.2) is 12.2 Å². The first-order chi connectivity index (χ1) is 6.25. The summed E-state index contributed by atoms with van der Waals surface area (Å²) in [5.74, 6) is 1.50. The van der Waals surface area contributed by atoms with Crippen LogP contribution in [0.4, 0.5) is 0 Å². The number of rotatable bonds is 0. The van der Waals surface area contributed by atoms with Crippen molar-refractivity contribution >= 4 is 5.78 Å². The molecule has 2 aliphatic heterocycles. The molecule has 3 rings (SSSR count). The van der Waals surface area contributed by atoms with E-state index in [2.05, 4.69) is 19.1 Å². The lowest BCUT2D eigenvalue weighted by atomic mass is 9.71. The highest BCUT2D eigenvalue weighted by molar-refractivity contribution is 5.87. The third-order valence-corrected chi connectivity index (χ3v) is 3.64. The van der Waals surface area contributed by atoms with Crippen LogP contribution >= 0.6 is 0 Å². The summed E-state index contributed by atoms with van der Waals surface area (Å²) in [6.45, 7) is 2.25. The highest BCUT2D eigenvalue weighted by atomic mass is 16.5. The van der Waals surface area contributed by atoms with Gasteiger partial charge in [-0.1, -0.05) is 19.1 Å². The van der Waals surface area contributed by atoms with Gasteiger partial charge in [-0.15, -0.1) is 0 Å². The number of carbonyl (C=O) groups excluding carboxylic acids is 1. The highest BCUT2D eigenvalue weighted by Gasteiger charge is 2.49. The molecular weight excluding hydrogens is 164 g/mol. The van der Waals surface area contributed by atoms with Gasteiger partial charge in [-0.3, -0.25) is 4.79 Å². The third-order valence-electron chi connectivity index (χ3n) is 3.64. The Balaban J connectivity index is 1.99. The van der Waals surface area contributed by atoms with Crippen LogP contribution in [0.1, 0.15) is 19.8 Å². The minimum absolute atomic E-state index is 0.108. The van der Waals surface area contributed by atoms with Crippen molar-refractivity contribution in [3.63, 3.8) is 0 Å². The van der Waals surface area contributed by atoms with Gasteiger partial charge < -0.3 is 4.74 Å². The summed E-state index contributed by atoms with van der Waals surface area (Å²) in [5.41, 5.74) is 0. The normalized spacial score (nSPS) is 52.7. The minimum atomic E-state index is 0.108. The number of hydrogen-bond donors (Lipinski definition) is 0. The van der Waals surface area contributed by atoms with Crippen molar-refractivity contribution in [3.05, 3.63) is 12.2 Å². The van der Waals surface area contributed by atoms with Crippen LogP contribution < -0.4 is 0 Å². The molecule has 0 aromatic carbocycles. The second kappa shape index (κ2) is 2.44. The Kier molecular flexibility index (Phi) is 1.46. The molecule has 0 aromatic heterocycles. The van der Waals surface area contributed by atoms with Gasteiger partial charge in [-0.25, -0.2) is 0 Å². The average molecular weight is 178 g/mol. The molecule has 2 heteroatoms. The van der Waals surface area contributed by atoms with Crippen molar-refractivity contribution in [2.24, 2.45) is 17.8 Å². The van der Waals surface area contributed by atoms with Gasteiger partial charge in [-0.05, 0) is 18.8 Å². The van der Waals surface area contributed by atoms with Crippen molar-refractivity contribution in [2.75, 3.05) is 0 Å². The molecule has 0 spiro atoms. The topological polar surface area (TPSA) is 26.3 Å². The second-order valence-electron chi connectivity index (χ2n) is 4.64. The maximum Gasteiger partial charge on any atom is 0.144 e. The number of hydrogen-bond acceptors (Lipinski definition) is 2. The van der Waals surface area contributed by atoms with Crippen molar-refractivity contribution in [1.82, 2.24) is 0 Å². The van der Waals surface area contributed by atoms with Crippen LogP contribution in [0.25, 0.3) is 0 Å². The van der Waals surface area contributed by atoms with E-state index in [-0.39, 0.29) is 24.0 Å². The Morgan fingerprint density at radius 2 is 1.77 bits per heavy atom. The van der Waals surface area contributed by atoms with Gasteiger partial charge in [0.25, 0.3) is 0 Å². The Bertz CT molecular complexity index is 258. The lowest BCUT2D eigenvalue weighted by Crippen LogP contribution is -2.48. The van der Waals surface area contributed by atoms with Crippen molar-refractivity contribution in [2.45, 2.75) is 32.0 Å². The number of ketones is 1. The monoisotopic (exact) mass is 178 g/mol. The van der Waals surface area contributed by atoms with Gasteiger partial charge in [0.05, 0.1) is 12.2 Å². The number of fused-ring (bicyclic) bond motifs is 6. The SMILES string of the molecule is CC1C[C@@H]2C(=O)[C@H](C1)[C@H]1C=C[C@@H]2O1. The standard InChI is InChI=1S/C11H14O2/c1-6-4-7-9-2-3-10(13-9)8(5-6)11(7)12/h2-3,6-10H,4-5H2,1H3/t6?,7-,8+,9-,10+. The van der Waals surface area contributed by atoms with Crippen LogP contribution in [-0.4, -0.2) is 18.0 Å². The predicted molar refractivity (Wildman–Crippen MR) is 48.2 cm³/mol. The fourth-order valence-corrected chi connectivity index (χ4v) is 3.01. The molecule has 1 aliphatic carbocycles. The molecule has 70 valence electrons. The first-order valence-corrected chi connectivity index (χ1v) is 5.13. The van der Waals surface area contributed by atoms with Crippen LogP contribution in [-0.2, 0) is 9.53 Å². The van der Waals surface area contributed by atoms with Crippen molar-refractivity contribution < 1.29 is 9.53 Å². The summed E-state index contributed by atoms with van der Waals surface area (Å²) < 4.78 is 5.75. The molecule has 1 saturated heterocycles. The maximum absolute atomic E-state index is 11.9. The Morgan fingerprint density at radius 1 is 1.23 bits per heavy atom. The average Bonchev–Trinajstić information content (AvgIpc) is 2.52. The molecule has 0 aromatic rings. The third kappa shape index (κ3) is 0.953. The molecule has 0 radical (unpaired) electrons. The number of carbonyl (C=O) groups is 1. The molecule has 13 heavy (non-hydrogen) atoms. The zero-order valence-corrected chi connectivity index (χ0v) is 7.77. The number of ether oxygens (including phenoxy) is 1. The molecule has 0 N–H and O–H groups in total. The smallest absolute Gasteiger partial charge is 0.144 e. The predicted octanol–water partition coefficient (Wildman–Crippen LogP) is 1.55. The molecule has 3 aliphatic rings. The summed E-state index contributed by atoms with van der Waals surface area (Å²) in [4.78, 5) is 11.9. The lowest BCUT2D eigenvalue weighted by Gasteiger charge is -2.41. The molecule has 1 saturated carbocycles. The van der Waals surface area contributed by atoms with E-state index < -0.39 is 0 Å². The van der Waals surface area contributed by atoms with Crippen molar-refractivity contribution in [3.8, 4) is 0 Å². The Labute approximate surface area is 78.0 Å². The second-order valence-corrected chi connectivity index (χ2v) is 4.64. The minimum Gasteiger partial charge on any atom is -0.365 e. The molecular formula is C11H14O2. The zero-order chi connectivity index (χ0) is 9.00. The van der Waals surface area contributed by atoms with E-state index in [1.165, 1.54) is 0 Å². The van der Waals surface area contributed by atoms with E-state index in [9.17, 15) is 4.79 Å². The highest BCUT2D eigenvalue weighted by Crippen LogP contribution is 2.43. The first kappa shape index (κ1) is 7.74. The van der Waals surface area contributed by atoms with E-state index >= 15 is 0 Å². The molecule has 2 nitrogen and oxygen atoms in total. The van der Waals surface area contributed by atoms with Gasteiger partial charge in [-0.2, -0.15) is 0 Å². The van der Waals surface area contributed by atoms with Crippen LogP contribution in [0.5, 0.6) is 0 Å². The van der Waals surface area contributed by atoms with E-state index in [0.29, 0.717) is 11.7 Å². The van der Waals surface area contributed by atoms with Crippen LogP contribution in [0.3, 0.4) is 0 Å². The summed E-state index contributed by atoms with van der Waals surface area (Å²) in [5, 5.41) is 0. The molecule has 5 atom stereocenters. The summed E-state index contributed by atoms with van der Waals surface area (Å²) in [6.07, 6.45) is 6.44. The summed E-state index contributed by atoms with van der Waals surface area (Å²) in [7, 11) is 0. The molecule has 1 unspecified atom stereocenters. The molecule has 4 bridgehead atoms. The van der Waals surface area contributed by atoms with Gasteiger partial charge >= 0.3 is 0 Å². The summed E-state index contributed by atoms with van der Waals surface area (Å²) >= 11 is 0. The molecule has 0 amide bonds. The lowest BCUT2D eigenvalue weighted by molar-refractivity contribution is -0.153. The van der Waals surface area contributed by atoms with Crippen LogP contribution in [0.2, 0.25) is 0 Å². The van der Waals surface area contributed by atoms with Gasteiger partial charge in [0.2, 0.25) is 0 Å². The fourth-order valence-electron chi connectivity index (χ4n) is 3.01.